The maximum atomic E-state index is 11.8. The topological polar surface area (TPSA) is 66.6 Å². The van der Waals surface area contributed by atoms with E-state index in [0.717, 1.165) is 12.2 Å². The zero-order valence-corrected chi connectivity index (χ0v) is 10.4. The second-order valence-electron chi connectivity index (χ2n) is 3.38. The Morgan fingerprint density at radius 1 is 1.60 bits per heavy atom. The fraction of sp³-hybridized carbons (Fsp3) is 0.900. The van der Waals surface area contributed by atoms with Crippen LogP contribution in [0.5, 0.6) is 0 Å². The van der Waals surface area contributed by atoms with Crippen LogP contribution in [0.15, 0.2) is 0 Å². The van der Waals surface area contributed by atoms with E-state index in [-0.39, 0.29) is 12.5 Å². The molecule has 4 nitrogen and oxygen atoms in total. The lowest BCUT2D eigenvalue weighted by atomic mass is 10.2. The average Bonchev–Trinajstić information content (AvgIpc) is 2.26. The van der Waals surface area contributed by atoms with Gasteiger partial charge in [-0.05, 0) is 31.8 Å². The van der Waals surface area contributed by atoms with Gasteiger partial charge in [-0.15, -0.1) is 0 Å². The molecular weight excluding hydrogens is 212 g/mol. The number of carbonyl (C=O) groups excluding carboxylic acids is 1. The van der Waals surface area contributed by atoms with E-state index < -0.39 is 6.04 Å². The number of rotatable bonds is 8. The van der Waals surface area contributed by atoms with Crippen LogP contribution in [0, 0.1) is 0 Å². The summed E-state index contributed by atoms with van der Waals surface area (Å²) in [4.78, 5) is 13.5. The van der Waals surface area contributed by atoms with Gasteiger partial charge in [-0.2, -0.15) is 11.8 Å². The molecule has 5 heteroatoms. The first kappa shape index (κ1) is 14.7. The van der Waals surface area contributed by atoms with Crippen molar-refractivity contribution in [2.75, 3.05) is 31.7 Å². The number of aliphatic hydroxyl groups excluding tert-OH is 1. The molecule has 0 saturated carbocycles. The summed E-state index contributed by atoms with van der Waals surface area (Å²) in [7, 11) is 0. The van der Waals surface area contributed by atoms with Crippen LogP contribution >= 0.6 is 11.8 Å². The second-order valence-corrected chi connectivity index (χ2v) is 4.37. The fourth-order valence-corrected chi connectivity index (χ4v) is 1.78. The second kappa shape index (κ2) is 9.00. The van der Waals surface area contributed by atoms with Crippen LogP contribution in [0.2, 0.25) is 0 Å². The zero-order valence-electron chi connectivity index (χ0n) is 9.61. The third kappa shape index (κ3) is 6.02. The summed E-state index contributed by atoms with van der Waals surface area (Å²) in [5, 5.41) is 8.70. The van der Waals surface area contributed by atoms with Crippen molar-refractivity contribution < 1.29 is 9.90 Å². The van der Waals surface area contributed by atoms with Crippen molar-refractivity contribution in [3.05, 3.63) is 0 Å². The molecule has 0 aromatic heterocycles. The summed E-state index contributed by atoms with van der Waals surface area (Å²) in [5.41, 5.74) is 5.78. The molecule has 0 fully saturated rings. The third-order valence-corrected chi connectivity index (χ3v) is 2.87. The minimum Gasteiger partial charge on any atom is -0.396 e. The van der Waals surface area contributed by atoms with Crippen LogP contribution in [-0.2, 0) is 4.79 Å². The largest absolute Gasteiger partial charge is 0.396 e. The number of thioether (sulfide) groups is 1. The van der Waals surface area contributed by atoms with Gasteiger partial charge in [0.15, 0.2) is 0 Å². The molecule has 0 radical (unpaired) electrons. The maximum Gasteiger partial charge on any atom is 0.239 e. The molecule has 0 spiro atoms. The standard InChI is InChI=1S/C10H22N2O2S/c1-3-12(6-4-7-13)10(14)9(11)5-8-15-2/h9,13H,3-8,11H2,1-2H3/t9-/m1/s1. The molecule has 1 amide bonds. The lowest BCUT2D eigenvalue weighted by Gasteiger charge is -2.23. The van der Waals surface area contributed by atoms with E-state index in [1.54, 1.807) is 16.7 Å². The fourth-order valence-electron chi connectivity index (χ4n) is 1.29. The predicted octanol–water partition coefficient (Wildman–Crippen LogP) is 0.298. The average molecular weight is 234 g/mol. The van der Waals surface area contributed by atoms with E-state index in [1.165, 1.54) is 0 Å². The Morgan fingerprint density at radius 3 is 2.73 bits per heavy atom. The van der Waals surface area contributed by atoms with E-state index in [1.807, 2.05) is 13.2 Å². The quantitative estimate of drug-likeness (QED) is 0.634. The smallest absolute Gasteiger partial charge is 0.239 e. The number of likely N-dealkylation sites (N-methyl/N-ethyl adjacent to an activating group) is 1. The van der Waals surface area contributed by atoms with E-state index in [0.29, 0.717) is 19.5 Å². The first-order chi connectivity index (χ1) is 7.17. The molecule has 0 unspecified atom stereocenters. The monoisotopic (exact) mass is 234 g/mol. The Balaban J connectivity index is 4.00. The number of carbonyl (C=O) groups is 1. The van der Waals surface area contributed by atoms with Gasteiger partial charge in [-0.25, -0.2) is 0 Å². The van der Waals surface area contributed by atoms with Gasteiger partial charge in [-0.3, -0.25) is 4.79 Å². The minimum absolute atomic E-state index is 0.000000000000000222. The Hall–Kier alpha value is -0.260. The Labute approximate surface area is 96.2 Å². The molecule has 15 heavy (non-hydrogen) atoms. The van der Waals surface area contributed by atoms with Crippen molar-refractivity contribution in [1.82, 2.24) is 4.90 Å². The Kier molecular flexibility index (Phi) is 8.85. The molecule has 0 aliphatic heterocycles. The van der Waals surface area contributed by atoms with Crippen molar-refractivity contribution in [3.63, 3.8) is 0 Å². The van der Waals surface area contributed by atoms with Gasteiger partial charge in [0.05, 0.1) is 6.04 Å². The zero-order chi connectivity index (χ0) is 11.7. The number of aliphatic hydroxyl groups is 1. The van der Waals surface area contributed by atoms with Crippen molar-refractivity contribution in [1.29, 1.82) is 0 Å². The molecule has 0 heterocycles. The van der Waals surface area contributed by atoms with Gasteiger partial charge in [0, 0.05) is 19.7 Å². The van der Waals surface area contributed by atoms with Crippen LogP contribution in [0.3, 0.4) is 0 Å². The van der Waals surface area contributed by atoms with E-state index >= 15 is 0 Å². The summed E-state index contributed by atoms with van der Waals surface area (Å²) < 4.78 is 0. The SMILES string of the molecule is CCN(CCCO)C(=O)[C@H](N)CCSC. The highest BCUT2D eigenvalue weighted by atomic mass is 32.2. The van der Waals surface area contributed by atoms with Crippen molar-refractivity contribution in [2.24, 2.45) is 5.73 Å². The number of hydrogen-bond donors (Lipinski definition) is 2. The molecule has 0 rings (SSSR count). The van der Waals surface area contributed by atoms with Crippen LogP contribution in [0.25, 0.3) is 0 Å². The van der Waals surface area contributed by atoms with Crippen LogP contribution in [0.1, 0.15) is 19.8 Å². The van der Waals surface area contributed by atoms with Gasteiger partial charge in [-0.1, -0.05) is 0 Å². The highest BCUT2D eigenvalue weighted by Crippen LogP contribution is 2.03. The summed E-state index contributed by atoms with van der Waals surface area (Å²) in [5.74, 6) is 0.907. The Morgan fingerprint density at radius 2 is 2.27 bits per heavy atom. The lowest BCUT2D eigenvalue weighted by molar-refractivity contribution is -0.132. The van der Waals surface area contributed by atoms with Crippen LogP contribution in [0.4, 0.5) is 0 Å². The molecule has 0 aliphatic carbocycles. The van der Waals surface area contributed by atoms with Gasteiger partial charge < -0.3 is 15.7 Å². The highest BCUT2D eigenvalue weighted by Gasteiger charge is 2.18. The molecule has 3 N–H and O–H groups in total. The molecule has 1 atom stereocenters. The lowest BCUT2D eigenvalue weighted by Crippen LogP contribution is -2.44. The number of amides is 1. The van der Waals surface area contributed by atoms with Gasteiger partial charge in [0.1, 0.15) is 0 Å². The number of hydrogen-bond acceptors (Lipinski definition) is 4. The van der Waals surface area contributed by atoms with Gasteiger partial charge in [0.25, 0.3) is 0 Å². The van der Waals surface area contributed by atoms with Crippen LogP contribution in [-0.4, -0.2) is 53.7 Å². The molecule has 0 bridgehead atoms. The molecule has 0 aromatic carbocycles. The maximum absolute atomic E-state index is 11.8. The number of nitrogens with two attached hydrogens (primary N) is 1. The van der Waals surface area contributed by atoms with Crippen LogP contribution < -0.4 is 5.73 Å². The summed E-state index contributed by atoms with van der Waals surface area (Å²) in [6.45, 7) is 3.30. The van der Waals surface area contributed by atoms with E-state index in [4.69, 9.17) is 10.8 Å². The van der Waals surface area contributed by atoms with Gasteiger partial charge >= 0.3 is 0 Å². The summed E-state index contributed by atoms with van der Waals surface area (Å²) in [6.07, 6.45) is 3.34. The molecule has 0 aliphatic rings. The molecule has 0 saturated heterocycles. The third-order valence-electron chi connectivity index (χ3n) is 2.23. The first-order valence-electron chi connectivity index (χ1n) is 5.31. The molecule has 90 valence electrons. The summed E-state index contributed by atoms with van der Waals surface area (Å²) in [6, 6.07) is -0.393. The van der Waals surface area contributed by atoms with Crippen molar-refractivity contribution >= 4 is 17.7 Å². The Bertz CT molecular complexity index is 179. The number of nitrogens with zero attached hydrogens (tertiary/aromatic N) is 1. The predicted molar refractivity (Wildman–Crippen MR) is 64.9 cm³/mol. The highest BCUT2D eigenvalue weighted by molar-refractivity contribution is 7.98. The first-order valence-corrected chi connectivity index (χ1v) is 6.70. The van der Waals surface area contributed by atoms with Gasteiger partial charge in [0.2, 0.25) is 5.91 Å². The normalized spacial score (nSPS) is 12.5. The molecule has 0 aromatic rings. The molecular formula is C10H22N2O2S. The summed E-state index contributed by atoms with van der Waals surface area (Å²) >= 11 is 1.69. The van der Waals surface area contributed by atoms with Crippen molar-refractivity contribution in [3.8, 4) is 0 Å². The van der Waals surface area contributed by atoms with E-state index in [2.05, 4.69) is 0 Å². The van der Waals surface area contributed by atoms with E-state index in [9.17, 15) is 4.79 Å². The minimum atomic E-state index is -0.393. The van der Waals surface area contributed by atoms with Crippen molar-refractivity contribution in [2.45, 2.75) is 25.8 Å².